The van der Waals surface area contributed by atoms with Crippen molar-refractivity contribution in [2.24, 2.45) is 0 Å². The molecule has 3 aromatic rings. The van der Waals surface area contributed by atoms with Crippen LogP contribution >= 0.6 is 11.6 Å². The summed E-state index contributed by atoms with van der Waals surface area (Å²) in [7, 11) is 0. The summed E-state index contributed by atoms with van der Waals surface area (Å²) in [6.45, 7) is 4.44. The molecule has 2 aromatic heterocycles. The second kappa shape index (κ2) is 7.16. The minimum atomic E-state index is -0.988. The van der Waals surface area contributed by atoms with Crippen molar-refractivity contribution in [3.05, 3.63) is 47.2 Å². The first-order chi connectivity index (χ1) is 13.4. The molecule has 1 aromatic carbocycles. The number of carbonyl (C=O) groups is 2. The number of amides is 1. The van der Waals surface area contributed by atoms with Gasteiger partial charge >= 0.3 is 5.97 Å². The first kappa shape index (κ1) is 18.3. The predicted octanol–water partition coefficient (Wildman–Crippen LogP) is 3.25. The molecule has 1 amide bonds. The minimum absolute atomic E-state index is 0.0958. The lowest BCUT2D eigenvalue weighted by molar-refractivity contribution is -0.129. The van der Waals surface area contributed by atoms with Gasteiger partial charge in [0.15, 0.2) is 0 Å². The van der Waals surface area contributed by atoms with Crippen LogP contribution in [0.2, 0.25) is 5.02 Å². The summed E-state index contributed by atoms with van der Waals surface area (Å²) >= 11 is 6.42. The van der Waals surface area contributed by atoms with Gasteiger partial charge in [-0.3, -0.25) is 4.79 Å². The Kier molecular flexibility index (Phi) is 4.68. The monoisotopic (exact) mass is 398 g/mol. The lowest BCUT2D eigenvalue weighted by atomic mass is 10.0. The zero-order valence-corrected chi connectivity index (χ0v) is 16.0. The summed E-state index contributed by atoms with van der Waals surface area (Å²) in [6.07, 6.45) is 3.21. The van der Waals surface area contributed by atoms with E-state index in [1.807, 2.05) is 17.0 Å². The molecule has 0 radical (unpaired) electrons. The van der Waals surface area contributed by atoms with Gasteiger partial charge in [0.05, 0.1) is 10.6 Å². The molecule has 0 spiro atoms. The van der Waals surface area contributed by atoms with Crippen LogP contribution in [0.3, 0.4) is 0 Å². The molecule has 4 rings (SSSR count). The molecule has 0 unspecified atom stereocenters. The molecule has 1 aliphatic heterocycles. The van der Waals surface area contributed by atoms with Gasteiger partial charge in [-0.15, -0.1) is 0 Å². The average Bonchev–Trinajstić information content (AvgIpc) is 3.10. The number of pyridine rings is 1. The van der Waals surface area contributed by atoms with Crippen molar-refractivity contribution in [3.8, 4) is 11.1 Å². The third kappa shape index (κ3) is 3.29. The third-order valence-electron chi connectivity index (χ3n) is 5.11. The quantitative estimate of drug-likeness (QED) is 0.706. The number of nitrogens with zero attached hydrogens (tertiary/aromatic N) is 3. The van der Waals surface area contributed by atoms with Crippen molar-refractivity contribution in [3.63, 3.8) is 0 Å². The number of hydrogen-bond donors (Lipinski definition) is 2. The number of hydrogen-bond acceptors (Lipinski definition) is 4. The van der Waals surface area contributed by atoms with Gasteiger partial charge in [0.2, 0.25) is 5.91 Å². The van der Waals surface area contributed by atoms with E-state index in [4.69, 9.17) is 11.6 Å². The molecule has 0 saturated carbocycles. The number of carboxylic acid groups (broad SMARTS) is 1. The van der Waals surface area contributed by atoms with Crippen molar-refractivity contribution in [2.45, 2.75) is 6.92 Å². The third-order valence-corrected chi connectivity index (χ3v) is 5.42. The zero-order chi connectivity index (χ0) is 19.8. The van der Waals surface area contributed by atoms with Gasteiger partial charge in [-0.25, -0.2) is 9.78 Å². The van der Waals surface area contributed by atoms with Gasteiger partial charge in [-0.05, 0) is 24.3 Å². The van der Waals surface area contributed by atoms with E-state index in [0.717, 1.165) is 30.0 Å². The number of rotatable bonds is 3. The fourth-order valence-electron chi connectivity index (χ4n) is 3.52. The van der Waals surface area contributed by atoms with Gasteiger partial charge in [-0.1, -0.05) is 11.6 Å². The predicted molar refractivity (Wildman–Crippen MR) is 108 cm³/mol. The summed E-state index contributed by atoms with van der Waals surface area (Å²) < 4.78 is 0. The molecule has 1 saturated heterocycles. The molecule has 1 fully saturated rings. The van der Waals surface area contributed by atoms with E-state index >= 15 is 0 Å². The lowest BCUT2D eigenvalue weighted by Gasteiger charge is -2.34. The lowest BCUT2D eigenvalue weighted by Crippen LogP contribution is -2.48. The van der Waals surface area contributed by atoms with E-state index in [0.29, 0.717) is 29.0 Å². The number of H-pyrrole nitrogens is 1. The smallest absolute Gasteiger partial charge is 0.337 e. The highest BCUT2D eigenvalue weighted by molar-refractivity contribution is 6.34. The van der Waals surface area contributed by atoms with Crippen LogP contribution in [-0.2, 0) is 4.79 Å². The van der Waals surface area contributed by atoms with Crippen LogP contribution in [0.15, 0.2) is 36.7 Å². The van der Waals surface area contributed by atoms with E-state index in [2.05, 4.69) is 14.9 Å². The molecule has 1 aliphatic rings. The van der Waals surface area contributed by atoms with E-state index < -0.39 is 5.97 Å². The highest BCUT2D eigenvalue weighted by Gasteiger charge is 2.20. The fraction of sp³-hybridized carbons (Fsp3) is 0.250. The Morgan fingerprint density at radius 1 is 1.18 bits per heavy atom. The van der Waals surface area contributed by atoms with Crippen LogP contribution < -0.4 is 4.90 Å². The number of aromatic nitrogens is 2. The first-order valence-corrected chi connectivity index (χ1v) is 9.32. The molecule has 3 heterocycles. The maximum Gasteiger partial charge on any atom is 0.337 e. The molecule has 0 aliphatic carbocycles. The van der Waals surface area contributed by atoms with Crippen LogP contribution in [0, 0.1) is 0 Å². The Bertz CT molecular complexity index is 1050. The molecule has 8 heteroatoms. The SMILES string of the molecule is CC(=O)N1CCN(c2ccc(-c3cc4c(C(=O)O)c[nH]c4cc3Cl)cn2)CC1. The van der Waals surface area contributed by atoms with E-state index in [-0.39, 0.29) is 11.5 Å². The fourth-order valence-corrected chi connectivity index (χ4v) is 3.80. The van der Waals surface area contributed by atoms with Crippen molar-refractivity contribution >= 4 is 40.2 Å². The Morgan fingerprint density at radius 3 is 2.54 bits per heavy atom. The first-order valence-electron chi connectivity index (χ1n) is 8.95. The molecule has 0 bridgehead atoms. The molecular weight excluding hydrogens is 380 g/mol. The molecular formula is C20H19ClN4O3. The second-order valence-electron chi connectivity index (χ2n) is 6.78. The molecule has 2 N–H and O–H groups in total. The van der Waals surface area contributed by atoms with Crippen LogP contribution in [0.5, 0.6) is 0 Å². The number of carbonyl (C=O) groups excluding carboxylic acids is 1. The maximum absolute atomic E-state index is 11.5. The number of fused-ring (bicyclic) bond motifs is 1. The Morgan fingerprint density at radius 2 is 1.93 bits per heavy atom. The van der Waals surface area contributed by atoms with Crippen LogP contribution in [0.4, 0.5) is 5.82 Å². The van der Waals surface area contributed by atoms with Crippen molar-refractivity contribution < 1.29 is 14.7 Å². The highest BCUT2D eigenvalue weighted by Crippen LogP contribution is 2.33. The summed E-state index contributed by atoms with van der Waals surface area (Å²) in [5, 5.41) is 10.5. The largest absolute Gasteiger partial charge is 0.478 e. The van der Waals surface area contributed by atoms with Crippen LogP contribution in [0.1, 0.15) is 17.3 Å². The van der Waals surface area contributed by atoms with E-state index in [9.17, 15) is 14.7 Å². The van der Waals surface area contributed by atoms with Gasteiger partial charge in [0, 0.05) is 67.5 Å². The second-order valence-corrected chi connectivity index (χ2v) is 7.19. The number of nitrogens with one attached hydrogen (secondary N) is 1. The number of aromatic amines is 1. The van der Waals surface area contributed by atoms with E-state index in [1.54, 1.807) is 25.3 Å². The van der Waals surface area contributed by atoms with Gasteiger partial charge in [0.1, 0.15) is 5.82 Å². The van der Waals surface area contributed by atoms with E-state index in [1.165, 1.54) is 6.20 Å². The number of aromatic carboxylic acids is 1. The Balaban J connectivity index is 1.60. The van der Waals surface area contributed by atoms with Crippen molar-refractivity contribution in [2.75, 3.05) is 31.1 Å². The normalized spacial score (nSPS) is 14.5. The Labute approximate surface area is 166 Å². The van der Waals surface area contributed by atoms with Gasteiger partial charge < -0.3 is 19.9 Å². The zero-order valence-electron chi connectivity index (χ0n) is 15.3. The van der Waals surface area contributed by atoms with Crippen LogP contribution in [0.25, 0.3) is 22.0 Å². The topological polar surface area (TPSA) is 89.5 Å². The molecule has 28 heavy (non-hydrogen) atoms. The summed E-state index contributed by atoms with van der Waals surface area (Å²) in [5.74, 6) is -0.0480. The van der Waals surface area contributed by atoms with Gasteiger partial charge in [-0.2, -0.15) is 0 Å². The van der Waals surface area contributed by atoms with Crippen molar-refractivity contribution in [1.29, 1.82) is 0 Å². The highest BCUT2D eigenvalue weighted by atomic mass is 35.5. The number of halogens is 1. The molecule has 7 nitrogen and oxygen atoms in total. The number of carboxylic acids is 1. The standard InChI is InChI=1S/C20H19ClN4O3/c1-12(26)24-4-6-25(7-5-24)19-3-2-13(10-23-19)14-8-15-16(20(27)28)11-22-18(15)9-17(14)21/h2-3,8-11,22H,4-7H2,1H3,(H,27,28). The maximum atomic E-state index is 11.5. The number of benzene rings is 1. The number of anilines is 1. The average molecular weight is 399 g/mol. The van der Waals surface area contributed by atoms with Crippen LogP contribution in [-0.4, -0.2) is 58.0 Å². The van der Waals surface area contributed by atoms with Gasteiger partial charge in [0.25, 0.3) is 0 Å². The number of piperazine rings is 1. The minimum Gasteiger partial charge on any atom is -0.478 e. The van der Waals surface area contributed by atoms with Crippen molar-refractivity contribution in [1.82, 2.24) is 14.9 Å². The summed E-state index contributed by atoms with van der Waals surface area (Å²) in [4.78, 5) is 34.3. The molecule has 144 valence electrons. The molecule has 0 atom stereocenters. The Hall–Kier alpha value is -3.06. The summed E-state index contributed by atoms with van der Waals surface area (Å²) in [5.41, 5.74) is 2.44. The summed E-state index contributed by atoms with van der Waals surface area (Å²) in [6, 6.07) is 7.36.